The van der Waals surface area contributed by atoms with Gasteiger partial charge < -0.3 is 4.57 Å². The van der Waals surface area contributed by atoms with Crippen LogP contribution < -0.4 is 4.72 Å². The van der Waals surface area contributed by atoms with Gasteiger partial charge in [0.05, 0.1) is 16.5 Å². The van der Waals surface area contributed by atoms with Gasteiger partial charge in [-0.2, -0.15) is 0 Å². The number of sulfonamides is 1. The quantitative estimate of drug-likeness (QED) is 0.693. The monoisotopic (exact) mass is 396 g/mol. The van der Waals surface area contributed by atoms with Crippen molar-refractivity contribution in [2.45, 2.75) is 31.8 Å². The molecule has 0 fully saturated rings. The van der Waals surface area contributed by atoms with Crippen LogP contribution in [0.3, 0.4) is 0 Å². The first-order valence-corrected chi connectivity index (χ1v) is 9.89. The summed E-state index contributed by atoms with van der Waals surface area (Å²) >= 11 is 5.68. The zero-order valence-corrected chi connectivity index (χ0v) is 15.9. The van der Waals surface area contributed by atoms with Gasteiger partial charge in [0.25, 0.3) is 0 Å². The van der Waals surface area contributed by atoms with Crippen LogP contribution in [0.1, 0.15) is 19.7 Å². The van der Waals surface area contributed by atoms with Crippen LogP contribution in [0.15, 0.2) is 41.4 Å². The predicted octanol–water partition coefficient (Wildman–Crippen LogP) is 3.36. The van der Waals surface area contributed by atoms with Crippen molar-refractivity contribution in [1.82, 2.24) is 19.3 Å². The summed E-state index contributed by atoms with van der Waals surface area (Å²) in [4.78, 5) is 8.72. The smallest absolute Gasteiger partial charge is 0.241 e. The van der Waals surface area contributed by atoms with E-state index < -0.39 is 15.8 Å². The molecule has 1 N–H and O–H groups in total. The SMILES string of the molecule is CC(C)Cn1c(CNS(=O)(=O)c2ccc(F)c(Cl)c2)nc2cccnc21. The van der Waals surface area contributed by atoms with Gasteiger partial charge in [-0.3, -0.25) is 0 Å². The number of imidazole rings is 1. The molecule has 9 heteroatoms. The minimum Gasteiger partial charge on any atom is -0.311 e. The highest BCUT2D eigenvalue weighted by atomic mass is 35.5. The van der Waals surface area contributed by atoms with Crippen molar-refractivity contribution in [3.8, 4) is 0 Å². The molecular formula is C17H18ClFN4O2S. The van der Waals surface area contributed by atoms with Gasteiger partial charge in [0.2, 0.25) is 10.0 Å². The van der Waals surface area contributed by atoms with Crippen molar-refractivity contribution in [3.05, 3.63) is 53.2 Å². The van der Waals surface area contributed by atoms with Gasteiger partial charge in [-0.15, -0.1) is 0 Å². The second-order valence-electron chi connectivity index (χ2n) is 6.28. The molecule has 0 aliphatic carbocycles. The van der Waals surface area contributed by atoms with Gasteiger partial charge in [0, 0.05) is 12.7 Å². The van der Waals surface area contributed by atoms with E-state index in [0.29, 0.717) is 29.5 Å². The fourth-order valence-corrected chi connectivity index (χ4v) is 3.84. The predicted molar refractivity (Wildman–Crippen MR) is 97.8 cm³/mol. The summed E-state index contributed by atoms with van der Waals surface area (Å²) in [5.74, 6) is 0.222. The number of nitrogens with zero attached hydrogens (tertiary/aromatic N) is 3. The number of rotatable bonds is 6. The maximum absolute atomic E-state index is 13.3. The minimum absolute atomic E-state index is 0.0135. The zero-order valence-electron chi connectivity index (χ0n) is 14.3. The average Bonchev–Trinajstić information content (AvgIpc) is 2.93. The van der Waals surface area contributed by atoms with Crippen molar-refractivity contribution in [2.24, 2.45) is 5.92 Å². The fourth-order valence-electron chi connectivity index (χ4n) is 2.58. The maximum Gasteiger partial charge on any atom is 0.241 e. The highest BCUT2D eigenvalue weighted by molar-refractivity contribution is 7.89. The summed E-state index contributed by atoms with van der Waals surface area (Å²) in [5, 5.41) is -0.246. The third-order valence-corrected chi connectivity index (χ3v) is 5.44. The van der Waals surface area contributed by atoms with E-state index in [9.17, 15) is 12.8 Å². The number of hydrogen-bond donors (Lipinski definition) is 1. The molecule has 0 amide bonds. The highest BCUT2D eigenvalue weighted by Crippen LogP contribution is 2.20. The summed E-state index contributed by atoms with van der Waals surface area (Å²) in [7, 11) is -3.86. The van der Waals surface area contributed by atoms with Crippen molar-refractivity contribution in [1.29, 1.82) is 0 Å². The van der Waals surface area contributed by atoms with E-state index in [0.717, 1.165) is 12.1 Å². The van der Waals surface area contributed by atoms with Crippen LogP contribution >= 0.6 is 11.6 Å². The van der Waals surface area contributed by atoms with Gasteiger partial charge in [-0.05, 0) is 36.2 Å². The Balaban J connectivity index is 1.90. The van der Waals surface area contributed by atoms with E-state index >= 15 is 0 Å². The van der Waals surface area contributed by atoms with Gasteiger partial charge in [0.15, 0.2) is 5.65 Å². The molecule has 0 aliphatic rings. The average molecular weight is 397 g/mol. The standard InChI is InChI=1S/C17H18ClFN4O2S/c1-11(2)10-23-16(22-15-4-3-7-20-17(15)23)9-21-26(24,25)12-5-6-14(19)13(18)8-12/h3-8,11,21H,9-10H2,1-2H3. The molecule has 0 saturated heterocycles. The molecule has 138 valence electrons. The van der Waals surface area contributed by atoms with Crippen LogP contribution in [0.4, 0.5) is 4.39 Å². The second kappa shape index (κ2) is 7.30. The molecule has 0 spiro atoms. The Labute approximate surface area is 156 Å². The van der Waals surface area contributed by atoms with E-state index in [-0.39, 0.29) is 16.5 Å². The summed E-state index contributed by atoms with van der Waals surface area (Å²) in [6.45, 7) is 4.76. The van der Waals surface area contributed by atoms with Gasteiger partial charge in [-0.1, -0.05) is 25.4 Å². The lowest BCUT2D eigenvalue weighted by Crippen LogP contribution is -2.25. The van der Waals surface area contributed by atoms with Crippen molar-refractivity contribution >= 4 is 32.8 Å². The normalized spacial score (nSPS) is 12.2. The molecular weight excluding hydrogens is 379 g/mol. The third-order valence-electron chi connectivity index (χ3n) is 3.75. The lowest BCUT2D eigenvalue weighted by molar-refractivity contribution is 0.510. The Morgan fingerprint density at radius 1 is 1.31 bits per heavy atom. The molecule has 0 unspecified atom stereocenters. The number of nitrogens with one attached hydrogen (secondary N) is 1. The molecule has 0 bridgehead atoms. The first kappa shape index (κ1) is 18.8. The first-order chi connectivity index (χ1) is 12.3. The van der Waals surface area contributed by atoms with Crippen LogP contribution in [-0.2, 0) is 23.1 Å². The largest absolute Gasteiger partial charge is 0.311 e. The first-order valence-electron chi connectivity index (χ1n) is 8.03. The van der Waals surface area contributed by atoms with Crippen molar-refractivity contribution < 1.29 is 12.8 Å². The Kier molecular flexibility index (Phi) is 5.27. The minimum atomic E-state index is -3.86. The van der Waals surface area contributed by atoms with E-state index in [1.165, 1.54) is 6.07 Å². The Hall–Kier alpha value is -2.03. The molecule has 26 heavy (non-hydrogen) atoms. The summed E-state index contributed by atoms with van der Waals surface area (Å²) < 4.78 is 42.6. The maximum atomic E-state index is 13.3. The van der Waals surface area contributed by atoms with Gasteiger partial charge in [0.1, 0.15) is 17.2 Å². The van der Waals surface area contributed by atoms with E-state index in [2.05, 4.69) is 28.5 Å². The topological polar surface area (TPSA) is 76.9 Å². The lowest BCUT2D eigenvalue weighted by Gasteiger charge is -2.12. The van der Waals surface area contributed by atoms with Crippen molar-refractivity contribution in [2.75, 3.05) is 0 Å². The van der Waals surface area contributed by atoms with Crippen LogP contribution in [0, 0.1) is 11.7 Å². The summed E-state index contributed by atoms with van der Waals surface area (Å²) in [5.41, 5.74) is 1.41. The Morgan fingerprint density at radius 2 is 2.08 bits per heavy atom. The number of halogens is 2. The molecule has 2 heterocycles. The van der Waals surface area contributed by atoms with E-state index in [4.69, 9.17) is 11.6 Å². The molecule has 0 saturated carbocycles. The lowest BCUT2D eigenvalue weighted by atomic mass is 10.2. The molecule has 0 aliphatic heterocycles. The van der Waals surface area contributed by atoms with Crippen LogP contribution in [0.5, 0.6) is 0 Å². The van der Waals surface area contributed by atoms with E-state index in [1.54, 1.807) is 12.3 Å². The number of hydrogen-bond acceptors (Lipinski definition) is 4. The molecule has 6 nitrogen and oxygen atoms in total. The Bertz CT molecular complexity index is 1050. The van der Waals surface area contributed by atoms with E-state index in [1.807, 2.05) is 10.6 Å². The Morgan fingerprint density at radius 3 is 2.77 bits per heavy atom. The molecule has 2 aromatic heterocycles. The van der Waals surface area contributed by atoms with Crippen LogP contribution in [0.25, 0.3) is 11.2 Å². The van der Waals surface area contributed by atoms with Gasteiger partial charge >= 0.3 is 0 Å². The number of aromatic nitrogens is 3. The molecule has 0 radical (unpaired) electrons. The summed E-state index contributed by atoms with van der Waals surface area (Å²) in [6.07, 6.45) is 1.68. The number of pyridine rings is 1. The van der Waals surface area contributed by atoms with Gasteiger partial charge in [-0.25, -0.2) is 27.5 Å². The van der Waals surface area contributed by atoms with Crippen LogP contribution in [-0.4, -0.2) is 23.0 Å². The fraction of sp³-hybridized carbons (Fsp3) is 0.294. The molecule has 3 aromatic rings. The highest BCUT2D eigenvalue weighted by Gasteiger charge is 2.19. The summed E-state index contributed by atoms with van der Waals surface area (Å²) in [6, 6.07) is 6.88. The van der Waals surface area contributed by atoms with Crippen LogP contribution in [0.2, 0.25) is 5.02 Å². The molecule has 3 rings (SSSR count). The molecule has 0 atom stereocenters. The second-order valence-corrected chi connectivity index (χ2v) is 8.45. The van der Waals surface area contributed by atoms with Crippen molar-refractivity contribution in [3.63, 3.8) is 0 Å². The molecule has 1 aromatic carbocycles. The number of benzene rings is 1. The zero-order chi connectivity index (χ0) is 18.9. The number of fused-ring (bicyclic) bond motifs is 1. The third kappa shape index (κ3) is 3.87.